The summed E-state index contributed by atoms with van der Waals surface area (Å²) in [6, 6.07) is 4.10. The van der Waals surface area contributed by atoms with Gasteiger partial charge in [-0.3, -0.25) is 14.6 Å². The number of benzene rings is 1. The van der Waals surface area contributed by atoms with E-state index in [1.54, 1.807) is 6.92 Å². The lowest BCUT2D eigenvalue weighted by atomic mass is 10.0. The number of aryl methyl sites for hydroxylation is 1. The van der Waals surface area contributed by atoms with Crippen LogP contribution in [0.5, 0.6) is 0 Å². The van der Waals surface area contributed by atoms with Crippen molar-refractivity contribution in [1.29, 1.82) is 0 Å². The van der Waals surface area contributed by atoms with Crippen LogP contribution in [0.3, 0.4) is 0 Å². The fourth-order valence-corrected chi connectivity index (χ4v) is 3.95. The van der Waals surface area contributed by atoms with Crippen molar-refractivity contribution in [2.75, 3.05) is 13.7 Å². The van der Waals surface area contributed by atoms with Crippen LogP contribution in [-0.4, -0.2) is 41.6 Å². The number of ether oxygens (including phenoxy) is 1. The summed E-state index contributed by atoms with van der Waals surface area (Å²) in [5, 5.41) is 16.2. The molecule has 0 atom stereocenters. The first-order valence-corrected chi connectivity index (χ1v) is 15.8. The zero-order valence-electron chi connectivity index (χ0n) is 28.6. The van der Waals surface area contributed by atoms with Crippen LogP contribution < -0.4 is 0 Å². The van der Waals surface area contributed by atoms with E-state index in [-0.39, 0.29) is 28.9 Å². The molecule has 248 valence electrons. The van der Waals surface area contributed by atoms with E-state index in [9.17, 15) is 18.4 Å². The molecule has 9 heteroatoms. The molecular weight excluding hydrogens is 564 g/mol. The summed E-state index contributed by atoms with van der Waals surface area (Å²) in [7, 11) is 1.52. The van der Waals surface area contributed by atoms with E-state index in [0.29, 0.717) is 17.7 Å². The van der Waals surface area contributed by atoms with Crippen LogP contribution in [0.15, 0.2) is 34.6 Å². The lowest BCUT2D eigenvalue weighted by molar-refractivity contribution is -0.142. The molecule has 1 aliphatic carbocycles. The molecule has 1 aromatic carbocycles. The van der Waals surface area contributed by atoms with Crippen molar-refractivity contribution in [2.24, 2.45) is 21.6 Å². The minimum Gasteiger partial charge on any atom is -0.465 e. The Kier molecular flexibility index (Phi) is 20.1. The topological polar surface area (TPSA) is 101 Å². The molecule has 0 saturated heterocycles. The third kappa shape index (κ3) is 16.1. The van der Waals surface area contributed by atoms with Gasteiger partial charge < -0.3 is 9.84 Å². The summed E-state index contributed by atoms with van der Waals surface area (Å²) in [4.78, 5) is 25.6. The molecule has 7 nitrogen and oxygen atoms in total. The van der Waals surface area contributed by atoms with Crippen LogP contribution in [-0.2, 0) is 9.53 Å². The van der Waals surface area contributed by atoms with E-state index in [1.807, 2.05) is 13.8 Å². The first-order chi connectivity index (χ1) is 20.7. The average Bonchev–Trinajstić information content (AvgIpc) is 3.72. The number of hydrogen-bond donors (Lipinski definition) is 1. The van der Waals surface area contributed by atoms with Crippen molar-refractivity contribution >= 4 is 17.4 Å². The number of azo groups is 1. The number of nitrogens with zero attached hydrogens (tertiary/aromatic N) is 3. The smallest absolute Gasteiger partial charge is 0.302 e. The molecule has 0 bridgehead atoms. The number of pyridine rings is 1. The Morgan fingerprint density at radius 3 is 2.02 bits per heavy atom. The van der Waals surface area contributed by atoms with Gasteiger partial charge in [0.05, 0.1) is 29.7 Å². The summed E-state index contributed by atoms with van der Waals surface area (Å²) in [6.45, 7) is 18.0. The Balaban J connectivity index is 0.000000662. The summed E-state index contributed by atoms with van der Waals surface area (Å²) >= 11 is 0. The van der Waals surface area contributed by atoms with Crippen LogP contribution in [0.4, 0.5) is 14.5 Å². The number of Topliss-reactive ketones (excluding diaryl/α,β-unsaturated/α-hetero) is 1. The molecular formula is C35H55F2N3O4. The van der Waals surface area contributed by atoms with E-state index in [1.165, 1.54) is 83.8 Å². The highest BCUT2D eigenvalue weighted by atomic mass is 19.2. The Morgan fingerprint density at radius 2 is 1.61 bits per heavy atom. The van der Waals surface area contributed by atoms with Crippen LogP contribution >= 0.6 is 0 Å². The Bertz CT molecular complexity index is 1170. The molecule has 1 N–H and O–H groups in total. The highest BCUT2D eigenvalue weighted by Gasteiger charge is 2.38. The normalized spacial score (nSPS) is 12.9. The van der Waals surface area contributed by atoms with Crippen molar-refractivity contribution in [3.05, 3.63) is 47.2 Å². The molecule has 1 aliphatic rings. The van der Waals surface area contributed by atoms with Crippen LogP contribution in [0.2, 0.25) is 0 Å². The fraction of sp³-hybridized carbons (Fsp3) is 0.629. The number of aliphatic hydroxyl groups is 1. The summed E-state index contributed by atoms with van der Waals surface area (Å²) in [6.07, 6.45) is 11.2. The molecule has 1 fully saturated rings. The van der Waals surface area contributed by atoms with Crippen LogP contribution in [0, 0.1) is 29.9 Å². The second-order valence-corrected chi connectivity index (χ2v) is 11.7. The van der Waals surface area contributed by atoms with Crippen molar-refractivity contribution in [2.45, 2.75) is 120 Å². The molecule has 0 radical (unpaired) electrons. The minimum atomic E-state index is -1.17. The highest BCUT2D eigenvalue weighted by Crippen LogP contribution is 2.44. The molecule has 0 amide bonds. The van der Waals surface area contributed by atoms with E-state index in [4.69, 9.17) is 9.84 Å². The number of rotatable bonds is 11. The molecule has 2 aromatic rings. The fourth-order valence-electron chi connectivity index (χ4n) is 3.95. The van der Waals surface area contributed by atoms with E-state index in [2.05, 4.69) is 42.9 Å². The van der Waals surface area contributed by atoms with Gasteiger partial charge in [0.2, 0.25) is 0 Å². The average molecular weight is 620 g/mol. The summed E-state index contributed by atoms with van der Waals surface area (Å²) in [5.74, 6) is -2.00. The van der Waals surface area contributed by atoms with Gasteiger partial charge in [-0.1, -0.05) is 67.2 Å². The highest BCUT2D eigenvalue weighted by molar-refractivity contribution is 5.94. The van der Waals surface area contributed by atoms with Crippen molar-refractivity contribution in [3.8, 4) is 11.3 Å². The lowest BCUT2D eigenvalue weighted by Gasteiger charge is -2.08. The minimum absolute atomic E-state index is 0.0231. The second-order valence-electron chi connectivity index (χ2n) is 11.7. The van der Waals surface area contributed by atoms with Crippen LogP contribution in [0.25, 0.3) is 11.3 Å². The molecule has 1 saturated carbocycles. The molecule has 44 heavy (non-hydrogen) atoms. The Morgan fingerprint density at radius 1 is 1.05 bits per heavy atom. The molecule has 0 aliphatic heterocycles. The number of halogens is 2. The van der Waals surface area contributed by atoms with Gasteiger partial charge in [-0.05, 0) is 69.2 Å². The van der Waals surface area contributed by atoms with Gasteiger partial charge in [0.15, 0.2) is 17.4 Å². The monoisotopic (exact) mass is 619 g/mol. The van der Waals surface area contributed by atoms with Gasteiger partial charge in [0.1, 0.15) is 0 Å². The zero-order valence-corrected chi connectivity index (χ0v) is 28.6. The van der Waals surface area contributed by atoms with Crippen molar-refractivity contribution in [1.82, 2.24) is 4.98 Å². The Hall–Kier alpha value is -3.07. The third-order valence-corrected chi connectivity index (χ3v) is 7.25. The number of esters is 1. The number of aromatic nitrogens is 1. The predicted molar refractivity (Wildman–Crippen MR) is 174 cm³/mol. The number of carbonyl (C=O) groups excluding carboxylic acids is 2. The van der Waals surface area contributed by atoms with Gasteiger partial charge in [-0.2, -0.15) is 10.2 Å². The maximum atomic E-state index is 14.1. The number of ketones is 1. The van der Waals surface area contributed by atoms with Gasteiger partial charge in [0, 0.05) is 31.1 Å². The Labute approximate surface area is 263 Å². The van der Waals surface area contributed by atoms with Gasteiger partial charge in [0.25, 0.3) is 0 Å². The first-order valence-electron chi connectivity index (χ1n) is 15.8. The first kappa shape index (κ1) is 40.9. The summed E-state index contributed by atoms with van der Waals surface area (Å²) in [5.41, 5.74) is 1.56. The quantitative estimate of drug-likeness (QED) is 0.153. The van der Waals surface area contributed by atoms with E-state index in [0.717, 1.165) is 24.3 Å². The van der Waals surface area contributed by atoms with Crippen molar-refractivity contribution in [3.63, 3.8) is 0 Å². The third-order valence-electron chi connectivity index (χ3n) is 7.25. The van der Waals surface area contributed by atoms with Crippen LogP contribution in [0.1, 0.15) is 123 Å². The largest absolute Gasteiger partial charge is 0.465 e. The molecule has 1 heterocycles. The zero-order chi connectivity index (χ0) is 33.9. The van der Waals surface area contributed by atoms with Gasteiger partial charge >= 0.3 is 5.97 Å². The summed E-state index contributed by atoms with van der Waals surface area (Å²) < 4.78 is 32.8. The molecule has 1 aromatic heterocycles. The predicted octanol–water partition coefficient (Wildman–Crippen LogP) is 9.99. The maximum Gasteiger partial charge on any atom is 0.302 e. The number of aliphatic hydroxyl groups excluding tert-OH is 1. The molecule has 0 unspecified atom stereocenters. The number of hydrogen-bond acceptors (Lipinski definition) is 7. The van der Waals surface area contributed by atoms with Crippen molar-refractivity contribution < 1.29 is 28.2 Å². The SMILES string of the molecule is CC(=O)OCC1(C)CC1.CCC(O)CC.CCCC(C)CCC.CN=Nc1cc(-c2ccc(C(C)=O)c(F)c2F)ncc1C. The maximum absolute atomic E-state index is 14.1. The lowest BCUT2D eigenvalue weighted by Crippen LogP contribution is -2.09. The second kappa shape index (κ2) is 21.6. The standard InChI is InChI=1S/C15H13F2N3O.C8H18.C7H12O2.C5H12O/c1-8-7-19-13(6-12(8)20-18-3)11-5-4-10(9(2)21)14(16)15(11)17;1-4-6-8(3)7-5-2;1-6(8)9-5-7(2)3-4-7;1-3-5(6)4-2/h4-7H,1-3H3;8H,4-7H2,1-3H3;3-5H2,1-2H3;5-6H,3-4H2,1-2H3. The number of carbonyl (C=O) groups is 2. The molecule has 0 spiro atoms. The van der Waals surface area contributed by atoms with E-state index >= 15 is 0 Å². The van der Waals surface area contributed by atoms with Gasteiger partial charge in [-0.15, -0.1) is 0 Å². The van der Waals surface area contributed by atoms with E-state index < -0.39 is 17.4 Å². The molecule has 3 rings (SSSR count). The van der Waals surface area contributed by atoms with Gasteiger partial charge in [-0.25, -0.2) is 8.78 Å².